The van der Waals surface area contributed by atoms with Crippen molar-refractivity contribution in [1.29, 1.82) is 0 Å². The second-order valence-corrected chi connectivity index (χ2v) is 13.1. The van der Waals surface area contributed by atoms with Crippen LogP contribution in [0.5, 0.6) is 0 Å². The first kappa shape index (κ1) is 15.1. The number of hydrogen-bond donors (Lipinski definition) is 0. The molecule has 0 heterocycles. The zero-order chi connectivity index (χ0) is 10.9. The zero-order valence-corrected chi connectivity index (χ0v) is 12.3. The topological polar surface area (TPSA) is 0 Å². The van der Waals surface area contributed by atoms with E-state index in [0.717, 1.165) is 12.5 Å². The maximum absolute atomic E-state index is 5.78. The molecule has 0 bridgehead atoms. The Morgan fingerprint density at radius 2 is 1.21 bits per heavy atom. The Labute approximate surface area is 105 Å². The summed E-state index contributed by atoms with van der Waals surface area (Å²) in [6.45, 7) is 2.24. The fourth-order valence-corrected chi connectivity index (χ4v) is 3.31. The smallest absolute Gasteiger partial charge is 0.126 e. The molecule has 0 rings (SSSR count). The van der Waals surface area contributed by atoms with Gasteiger partial charge in [-0.05, 0) is 6.04 Å². The van der Waals surface area contributed by atoms with Gasteiger partial charge in [-0.15, -0.1) is 33.2 Å². The van der Waals surface area contributed by atoms with Gasteiger partial charge in [-0.3, -0.25) is 0 Å². The van der Waals surface area contributed by atoms with Gasteiger partial charge in [-0.25, -0.2) is 0 Å². The van der Waals surface area contributed by atoms with E-state index < -0.39 is 6.00 Å². The zero-order valence-electron chi connectivity index (χ0n) is 10.00. The predicted octanol–water partition coefficient (Wildman–Crippen LogP) is 5.89. The highest BCUT2D eigenvalue weighted by atomic mass is 35.8. The predicted molar refractivity (Wildman–Crippen MR) is 71.8 cm³/mol. The van der Waals surface area contributed by atoms with E-state index in [4.69, 9.17) is 33.2 Å². The summed E-state index contributed by atoms with van der Waals surface area (Å²) in [7, 11) is 0. The van der Waals surface area contributed by atoms with Crippen LogP contribution in [0, 0.1) is 0 Å². The van der Waals surface area contributed by atoms with Gasteiger partial charge in [-0.1, -0.05) is 58.3 Å². The lowest BCUT2D eigenvalue weighted by Gasteiger charge is -2.06. The summed E-state index contributed by atoms with van der Waals surface area (Å²) in [4.78, 5) is 0. The lowest BCUT2D eigenvalue weighted by atomic mass is 10.1. The quantitative estimate of drug-likeness (QED) is 0.280. The van der Waals surface area contributed by atoms with Crippen molar-refractivity contribution in [2.75, 3.05) is 0 Å². The Kier molecular flexibility index (Phi) is 10.0. The minimum absolute atomic E-state index is 0. The molecule has 0 spiro atoms. The molecular weight excluding hydrogens is 255 g/mol. The van der Waals surface area contributed by atoms with Crippen molar-refractivity contribution in [3.8, 4) is 0 Å². The van der Waals surface area contributed by atoms with Crippen LogP contribution >= 0.6 is 33.2 Å². The van der Waals surface area contributed by atoms with Crippen molar-refractivity contribution in [1.82, 2.24) is 0 Å². The summed E-state index contributed by atoms with van der Waals surface area (Å²) < 4.78 is 0. The Bertz CT molecular complexity index is 128. The molecule has 0 amide bonds. The minimum Gasteiger partial charge on any atom is -0.126 e. The Morgan fingerprint density at radius 3 is 1.64 bits per heavy atom. The fourth-order valence-electron chi connectivity index (χ4n) is 1.46. The summed E-state index contributed by atoms with van der Waals surface area (Å²) in [6, 6.07) is -1.50. The van der Waals surface area contributed by atoms with Crippen LogP contribution in [0.2, 0.25) is 6.04 Å². The first-order valence-corrected chi connectivity index (χ1v) is 10.9. The van der Waals surface area contributed by atoms with Crippen molar-refractivity contribution in [2.45, 2.75) is 64.3 Å². The molecule has 0 fully saturated rings. The lowest BCUT2D eigenvalue weighted by Crippen LogP contribution is -2.07. The highest BCUT2D eigenvalue weighted by molar-refractivity contribution is 7.64. The largest absolute Gasteiger partial charge is 1.00 e. The monoisotopic (exact) mass is 275 g/mol. The maximum atomic E-state index is 5.78. The lowest BCUT2D eigenvalue weighted by molar-refractivity contribution is 0.585. The van der Waals surface area contributed by atoms with Gasteiger partial charge in [0.25, 0.3) is 0 Å². The van der Waals surface area contributed by atoms with Crippen molar-refractivity contribution in [2.24, 2.45) is 0 Å². The molecule has 0 unspecified atom stereocenters. The molecule has 14 heavy (non-hydrogen) atoms. The van der Waals surface area contributed by atoms with Crippen LogP contribution < -0.4 is 0 Å². The molecule has 0 aromatic carbocycles. The van der Waals surface area contributed by atoms with E-state index in [1.54, 1.807) is 0 Å². The third-order valence-electron chi connectivity index (χ3n) is 2.31. The van der Waals surface area contributed by atoms with E-state index in [9.17, 15) is 0 Å². The van der Waals surface area contributed by atoms with Crippen LogP contribution in [-0.2, 0) is 0 Å². The van der Waals surface area contributed by atoms with Gasteiger partial charge in [0.05, 0.1) is 0 Å². The number of halogens is 3. The van der Waals surface area contributed by atoms with Gasteiger partial charge in [0.15, 0.2) is 0 Å². The van der Waals surface area contributed by atoms with E-state index in [1.165, 1.54) is 44.9 Å². The molecule has 0 saturated carbocycles. The Hall–Kier alpha value is 1.09. The van der Waals surface area contributed by atoms with E-state index in [0.29, 0.717) is 0 Å². The van der Waals surface area contributed by atoms with Crippen LogP contribution in [0.15, 0.2) is 0 Å². The van der Waals surface area contributed by atoms with Gasteiger partial charge >= 0.3 is 7.43 Å². The van der Waals surface area contributed by atoms with Crippen molar-refractivity contribution in [3.63, 3.8) is 0 Å². The van der Waals surface area contributed by atoms with Crippen molar-refractivity contribution >= 4 is 39.2 Å². The Balaban J connectivity index is 0. The van der Waals surface area contributed by atoms with Gasteiger partial charge < -0.3 is 0 Å². The molecule has 0 saturated heterocycles. The molecule has 0 radical (unpaired) electrons. The molecule has 0 N–H and O–H groups in total. The molecule has 0 atom stereocenters. The average molecular weight is 277 g/mol. The fraction of sp³-hybridized carbons (Fsp3) is 1.00. The van der Waals surface area contributed by atoms with Crippen molar-refractivity contribution < 1.29 is 1.43 Å². The molecule has 0 aliphatic rings. The third-order valence-corrected chi connectivity index (χ3v) is 4.94. The van der Waals surface area contributed by atoms with Crippen molar-refractivity contribution in [3.05, 3.63) is 0 Å². The van der Waals surface area contributed by atoms with E-state index in [1.807, 2.05) is 0 Å². The Morgan fingerprint density at radius 1 is 0.786 bits per heavy atom. The third kappa shape index (κ3) is 13.1. The molecular formula is C10H22Cl3Si+. The maximum Gasteiger partial charge on any atom is 1.00 e. The minimum atomic E-state index is -2.32. The second-order valence-electron chi connectivity index (χ2n) is 3.84. The average Bonchev–Trinajstić information content (AvgIpc) is 2.08. The first-order valence-electron chi connectivity index (χ1n) is 5.63. The molecule has 0 aliphatic heterocycles. The standard InChI is InChI=1S/C10H21Cl3Si/c1-2-3-4-5-6-7-8-9-10-14(11,12)13/h2-10H2,1H3/p+1. The summed E-state index contributed by atoms with van der Waals surface area (Å²) in [5.41, 5.74) is 0. The summed E-state index contributed by atoms with van der Waals surface area (Å²) in [5, 5.41) is 0. The SMILES string of the molecule is CCCCCCCCCC[Si](Cl)(Cl)Cl.[H+]. The molecule has 0 nitrogen and oxygen atoms in total. The van der Waals surface area contributed by atoms with E-state index in [-0.39, 0.29) is 1.43 Å². The summed E-state index contributed by atoms with van der Waals surface area (Å²) in [5.74, 6) is 0. The van der Waals surface area contributed by atoms with Gasteiger partial charge in [0.1, 0.15) is 0 Å². The summed E-state index contributed by atoms with van der Waals surface area (Å²) >= 11 is 17.4. The highest BCUT2D eigenvalue weighted by Gasteiger charge is 2.23. The van der Waals surface area contributed by atoms with Crippen LogP contribution in [0.25, 0.3) is 0 Å². The highest BCUT2D eigenvalue weighted by Crippen LogP contribution is 2.27. The van der Waals surface area contributed by atoms with Gasteiger partial charge in [0.2, 0.25) is 0 Å². The van der Waals surface area contributed by atoms with Gasteiger partial charge in [0, 0.05) is 0 Å². The molecule has 0 aromatic rings. The van der Waals surface area contributed by atoms with E-state index in [2.05, 4.69) is 6.92 Å². The van der Waals surface area contributed by atoms with Crippen LogP contribution in [-0.4, -0.2) is 6.00 Å². The molecule has 0 aromatic heterocycles. The first-order chi connectivity index (χ1) is 6.56. The van der Waals surface area contributed by atoms with Crippen LogP contribution in [0.3, 0.4) is 0 Å². The van der Waals surface area contributed by atoms with Crippen LogP contribution in [0.4, 0.5) is 0 Å². The number of rotatable bonds is 9. The van der Waals surface area contributed by atoms with Crippen LogP contribution in [0.1, 0.15) is 59.7 Å². The van der Waals surface area contributed by atoms with Gasteiger partial charge in [-0.2, -0.15) is 0 Å². The molecule has 0 aliphatic carbocycles. The summed E-state index contributed by atoms with van der Waals surface area (Å²) in [6.07, 6.45) is 10.4. The normalized spacial score (nSPS) is 12.0. The van der Waals surface area contributed by atoms with E-state index >= 15 is 0 Å². The molecule has 4 heteroatoms. The number of hydrogen-bond acceptors (Lipinski definition) is 0. The number of unbranched alkanes of at least 4 members (excludes halogenated alkanes) is 7. The second kappa shape index (κ2) is 9.32. The molecule has 86 valence electrons.